The monoisotopic (exact) mass is 645 g/mol. The first-order valence-electron chi connectivity index (χ1n) is 15.4. The van der Waals surface area contributed by atoms with Crippen LogP contribution in [0.2, 0.25) is 5.02 Å². The Labute approximate surface area is 270 Å². The van der Waals surface area contributed by atoms with Crippen molar-refractivity contribution in [1.82, 2.24) is 4.98 Å². The van der Waals surface area contributed by atoms with Crippen molar-refractivity contribution in [2.75, 3.05) is 5.75 Å². The molecule has 1 aromatic heterocycles. The number of hydrogen-bond donors (Lipinski definition) is 2. The molecular weight excluding hydrogens is 606 g/mol. The first-order valence-corrected chi connectivity index (χ1v) is 17.5. The average Bonchev–Trinajstić information content (AvgIpc) is 3.74. The van der Waals surface area contributed by atoms with Gasteiger partial charge in [-0.1, -0.05) is 85.3 Å². The molecule has 236 valence electrons. The van der Waals surface area contributed by atoms with Gasteiger partial charge in [-0.3, -0.25) is 4.79 Å². The predicted octanol–water partition coefficient (Wildman–Crippen LogP) is 8.27. The fourth-order valence-electron chi connectivity index (χ4n) is 6.54. The second kappa shape index (κ2) is 13.1. The number of benzene rings is 3. The van der Waals surface area contributed by atoms with Gasteiger partial charge in [-0.05, 0) is 97.9 Å². The molecule has 1 heterocycles. The summed E-state index contributed by atoms with van der Waals surface area (Å²) in [4.78, 5) is 16.8. The normalized spacial score (nSPS) is 16.1. The Kier molecular flexibility index (Phi) is 9.54. The minimum absolute atomic E-state index is 0.160. The fourth-order valence-corrected chi connectivity index (χ4v) is 9.24. The van der Waals surface area contributed by atoms with Crippen LogP contribution >= 0.6 is 11.6 Å². The summed E-state index contributed by atoms with van der Waals surface area (Å²) in [7, 11) is -3.76. The molecule has 1 aliphatic carbocycles. The topological polar surface area (TPSA) is 105 Å². The summed E-state index contributed by atoms with van der Waals surface area (Å²) >= 11 is 6.16. The van der Waals surface area contributed by atoms with Gasteiger partial charge in [0, 0.05) is 10.4 Å². The largest absolute Gasteiger partial charge is 0.481 e. The molecule has 45 heavy (non-hydrogen) atoms. The highest BCUT2D eigenvalue weighted by atomic mass is 35.5. The Bertz CT molecular complexity index is 1840. The number of carboxylic acids is 1. The molecule has 0 radical (unpaired) electrons. The molecule has 0 spiro atoms. The number of aliphatic carboxylic acids is 1. The molecule has 1 unspecified atom stereocenters. The van der Waals surface area contributed by atoms with Crippen LogP contribution in [0, 0.1) is 11.3 Å². The first kappa shape index (κ1) is 32.9. The zero-order valence-electron chi connectivity index (χ0n) is 25.9. The van der Waals surface area contributed by atoms with Gasteiger partial charge in [-0.25, -0.2) is 13.4 Å². The Hall–Kier alpha value is -3.52. The van der Waals surface area contributed by atoms with Crippen molar-refractivity contribution in [1.29, 1.82) is 0 Å². The van der Waals surface area contributed by atoms with Crippen LogP contribution in [-0.4, -0.2) is 35.3 Å². The third kappa shape index (κ3) is 7.66. The van der Waals surface area contributed by atoms with Gasteiger partial charge < -0.3 is 10.2 Å². The van der Waals surface area contributed by atoms with Crippen molar-refractivity contribution in [3.05, 3.63) is 112 Å². The quantitative estimate of drug-likeness (QED) is 0.152. The molecule has 6 nitrogen and oxygen atoms in total. The standard InChI is InChI=1S/C37H40ClNO5S/c1-4-31(35(40)41)37(20-21-37)24-45(43,44)34(19-15-26-9-5-6-11-32(26)36(2,3)42)28-10-7-8-25(22-28)12-17-30-18-14-27-13-16-29(38)23-33(27)39-30/h5-14,16-18,22-23,31,34,42H,4,15,19-21,24H2,1-3H3,(H,40,41)/t31?,34-/m1/s1. The van der Waals surface area contributed by atoms with E-state index in [0.29, 0.717) is 42.7 Å². The number of nitrogens with zero attached hydrogens (tertiary/aromatic N) is 1. The van der Waals surface area contributed by atoms with Crippen molar-refractivity contribution >= 4 is 50.5 Å². The predicted molar refractivity (Wildman–Crippen MR) is 182 cm³/mol. The number of halogens is 1. The van der Waals surface area contributed by atoms with Crippen LogP contribution in [0.25, 0.3) is 23.1 Å². The highest BCUT2D eigenvalue weighted by molar-refractivity contribution is 7.91. The van der Waals surface area contributed by atoms with Crippen molar-refractivity contribution in [3.63, 3.8) is 0 Å². The number of aryl methyl sites for hydroxylation is 1. The van der Waals surface area contributed by atoms with Crippen LogP contribution in [0.5, 0.6) is 0 Å². The maximum absolute atomic E-state index is 14.3. The second-order valence-electron chi connectivity index (χ2n) is 12.8. The molecule has 0 bridgehead atoms. The Balaban J connectivity index is 1.48. The van der Waals surface area contributed by atoms with Crippen LogP contribution in [0.4, 0.5) is 0 Å². The van der Waals surface area contributed by atoms with Gasteiger partial charge in [-0.15, -0.1) is 0 Å². The third-order valence-corrected chi connectivity index (χ3v) is 11.6. The van der Waals surface area contributed by atoms with Crippen LogP contribution < -0.4 is 0 Å². The van der Waals surface area contributed by atoms with Crippen LogP contribution in [0.1, 0.15) is 79.7 Å². The highest BCUT2D eigenvalue weighted by Crippen LogP contribution is 2.55. The molecule has 1 saturated carbocycles. The van der Waals surface area contributed by atoms with E-state index in [1.807, 2.05) is 97.9 Å². The van der Waals surface area contributed by atoms with E-state index in [1.165, 1.54) is 0 Å². The lowest BCUT2D eigenvalue weighted by Crippen LogP contribution is -2.32. The van der Waals surface area contributed by atoms with Crippen LogP contribution in [0.3, 0.4) is 0 Å². The number of aliphatic hydroxyl groups is 1. The third-order valence-electron chi connectivity index (χ3n) is 9.02. The van der Waals surface area contributed by atoms with Gasteiger partial charge in [0.1, 0.15) is 0 Å². The Morgan fingerprint density at radius 1 is 1.02 bits per heavy atom. The van der Waals surface area contributed by atoms with E-state index in [1.54, 1.807) is 13.8 Å². The molecule has 2 atom stereocenters. The van der Waals surface area contributed by atoms with Gasteiger partial charge >= 0.3 is 5.97 Å². The minimum Gasteiger partial charge on any atom is -0.481 e. The Morgan fingerprint density at radius 2 is 1.76 bits per heavy atom. The van der Waals surface area contributed by atoms with Crippen molar-refractivity contribution in [3.8, 4) is 0 Å². The van der Waals surface area contributed by atoms with Crippen molar-refractivity contribution < 1.29 is 23.4 Å². The fraction of sp³-hybridized carbons (Fsp3) is 0.351. The highest BCUT2D eigenvalue weighted by Gasteiger charge is 2.55. The van der Waals surface area contributed by atoms with E-state index < -0.39 is 38.0 Å². The summed E-state index contributed by atoms with van der Waals surface area (Å²) in [5.41, 5.74) is 2.87. The molecule has 0 saturated heterocycles. The summed E-state index contributed by atoms with van der Waals surface area (Å²) in [6.07, 6.45) is 6.13. The number of sulfone groups is 1. The smallest absolute Gasteiger partial charge is 0.307 e. The number of pyridine rings is 1. The van der Waals surface area contributed by atoms with Gasteiger partial charge in [0.25, 0.3) is 0 Å². The number of hydrogen-bond acceptors (Lipinski definition) is 5. The maximum Gasteiger partial charge on any atom is 0.307 e. The Morgan fingerprint density at radius 3 is 2.44 bits per heavy atom. The minimum atomic E-state index is -3.76. The van der Waals surface area contributed by atoms with Gasteiger partial charge in [0.15, 0.2) is 9.84 Å². The molecule has 4 aromatic rings. The van der Waals surface area contributed by atoms with E-state index in [-0.39, 0.29) is 5.75 Å². The van der Waals surface area contributed by atoms with Crippen LogP contribution in [0.15, 0.2) is 78.9 Å². The zero-order chi connectivity index (χ0) is 32.4. The van der Waals surface area contributed by atoms with E-state index in [4.69, 9.17) is 11.6 Å². The molecule has 0 amide bonds. The van der Waals surface area contributed by atoms with Crippen molar-refractivity contribution in [2.45, 2.75) is 63.7 Å². The van der Waals surface area contributed by atoms with Crippen molar-refractivity contribution in [2.24, 2.45) is 11.3 Å². The summed E-state index contributed by atoms with van der Waals surface area (Å²) in [6, 6.07) is 24.6. The average molecular weight is 646 g/mol. The number of rotatable bonds is 13. The molecule has 1 aliphatic rings. The summed E-state index contributed by atoms with van der Waals surface area (Å²) in [5.74, 6) is -1.79. The molecular formula is C37H40ClNO5S. The van der Waals surface area contributed by atoms with Gasteiger partial charge in [0.05, 0.1) is 33.7 Å². The summed E-state index contributed by atoms with van der Waals surface area (Å²) in [5, 5.41) is 21.4. The lowest BCUT2D eigenvalue weighted by Gasteiger charge is -2.27. The lowest BCUT2D eigenvalue weighted by molar-refractivity contribution is -0.144. The second-order valence-corrected chi connectivity index (χ2v) is 15.4. The molecule has 5 rings (SSSR count). The van der Waals surface area contributed by atoms with E-state index in [9.17, 15) is 23.4 Å². The molecule has 3 aromatic carbocycles. The number of carbonyl (C=O) groups is 1. The van der Waals surface area contributed by atoms with E-state index in [0.717, 1.165) is 33.3 Å². The maximum atomic E-state index is 14.3. The molecule has 0 aliphatic heterocycles. The molecule has 8 heteroatoms. The summed E-state index contributed by atoms with van der Waals surface area (Å²) < 4.78 is 28.6. The SMILES string of the molecule is CCC(C(=O)O)C1(CS(=O)(=O)[C@H](CCc2ccccc2C(C)(C)O)c2cccc(C=Cc3ccc4ccc(Cl)cc4n3)c2)CC1. The number of fused-ring (bicyclic) bond motifs is 1. The summed E-state index contributed by atoms with van der Waals surface area (Å²) in [6.45, 7) is 5.26. The first-order chi connectivity index (χ1) is 21.3. The zero-order valence-corrected chi connectivity index (χ0v) is 27.5. The lowest BCUT2D eigenvalue weighted by atomic mass is 9.88. The van der Waals surface area contributed by atoms with Crippen LogP contribution in [-0.2, 0) is 26.7 Å². The van der Waals surface area contributed by atoms with E-state index >= 15 is 0 Å². The van der Waals surface area contributed by atoms with Gasteiger partial charge in [-0.2, -0.15) is 0 Å². The number of aromatic nitrogens is 1. The van der Waals surface area contributed by atoms with Gasteiger partial charge in [0.2, 0.25) is 0 Å². The van der Waals surface area contributed by atoms with E-state index in [2.05, 4.69) is 4.98 Å². The number of carboxylic acid groups (broad SMARTS) is 1. The molecule has 2 N–H and O–H groups in total. The molecule has 1 fully saturated rings.